The molecule has 1 N–H and O–H groups in total. The third-order valence-electron chi connectivity index (χ3n) is 5.04. The molecule has 1 heterocycles. The molecular formula is C24H15I4NO6. The Bertz CT molecular complexity index is 1280. The minimum Gasteiger partial charge on any atom is -0.489 e. The molecular weight excluding hydrogens is 906 g/mol. The van der Waals surface area contributed by atoms with Crippen LogP contribution in [0.15, 0.2) is 48.5 Å². The normalized spacial score (nSPS) is 12.6. The van der Waals surface area contributed by atoms with Gasteiger partial charge in [0.1, 0.15) is 18.1 Å². The molecule has 0 unspecified atom stereocenters. The fourth-order valence-corrected chi connectivity index (χ4v) is 7.66. The largest absolute Gasteiger partial charge is 0.489 e. The van der Waals surface area contributed by atoms with Crippen LogP contribution in [0.1, 0.15) is 26.3 Å². The van der Waals surface area contributed by atoms with Crippen molar-refractivity contribution in [1.82, 2.24) is 4.90 Å². The number of carboxylic acids is 1. The molecule has 3 aromatic rings. The summed E-state index contributed by atoms with van der Waals surface area (Å²) in [6.45, 7) is 0.314. The van der Waals surface area contributed by atoms with E-state index >= 15 is 0 Å². The summed E-state index contributed by atoms with van der Waals surface area (Å²) >= 11 is 8.60. The number of imide groups is 1. The van der Waals surface area contributed by atoms with Gasteiger partial charge in [-0.15, -0.1) is 0 Å². The first kappa shape index (κ1) is 26.8. The number of ether oxygens (including phenoxy) is 2. The Hall–Kier alpha value is -1.21. The van der Waals surface area contributed by atoms with Crippen LogP contribution in [0.25, 0.3) is 0 Å². The van der Waals surface area contributed by atoms with Crippen molar-refractivity contribution in [3.05, 3.63) is 79.5 Å². The van der Waals surface area contributed by atoms with Gasteiger partial charge in [0.15, 0.2) is 5.75 Å². The van der Waals surface area contributed by atoms with Crippen molar-refractivity contribution in [1.29, 1.82) is 0 Å². The maximum Gasteiger partial charge on any atom is 0.307 e. The van der Waals surface area contributed by atoms with E-state index in [2.05, 4.69) is 90.4 Å². The van der Waals surface area contributed by atoms with Gasteiger partial charge >= 0.3 is 5.97 Å². The number of carbonyl (C=O) groups excluding carboxylic acids is 2. The minimum absolute atomic E-state index is 0.0468. The summed E-state index contributed by atoms with van der Waals surface area (Å²) in [5.41, 5.74) is 1.55. The molecule has 11 heteroatoms. The van der Waals surface area contributed by atoms with E-state index in [4.69, 9.17) is 14.6 Å². The lowest BCUT2D eigenvalue weighted by Gasteiger charge is -2.17. The lowest BCUT2D eigenvalue weighted by atomic mass is 10.1. The second kappa shape index (κ2) is 11.5. The number of carbonyl (C=O) groups is 3. The van der Waals surface area contributed by atoms with Gasteiger partial charge < -0.3 is 14.6 Å². The van der Waals surface area contributed by atoms with Gasteiger partial charge in [0.05, 0.1) is 38.4 Å². The summed E-state index contributed by atoms with van der Waals surface area (Å²) in [6, 6.07) is 14.1. The van der Waals surface area contributed by atoms with E-state index in [1.807, 2.05) is 12.1 Å². The molecule has 0 saturated heterocycles. The molecule has 2 amide bonds. The molecule has 0 aromatic heterocycles. The molecule has 1 aliphatic rings. The molecule has 0 saturated carbocycles. The standard InChI is InChI=1S/C24H15I4NO6/c25-16-7-12(9-20(30)31)8-17(26)22(16)35-13-10-18(27)21(19(28)11-13)34-6-5-29-23(32)14-3-1-2-4-15(14)24(29)33/h1-4,7-8,10-11H,5-6,9H2,(H,30,31). The van der Waals surface area contributed by atoms with Crippen LogP contribution in [0.2, 0.25) is 0 Å². The quantitative estimate of drug-likeness (QED) is 0.214. The molecule has 0 bridgehead atoms. The molecule has 0 fully saturated rings. The van der Waals surface area contributed by atoms with E-state index < -0.39 is 5.97 Å². The zero-order chi connectivity index (χ0) is 25.3. The molecule has 0 aliphatic carbocycles. The van der Waals surface area contributed by atoms with Crippen LogP contribution in [-0.2, 0) is 11.2 Å². The van der Waals surface area contributed by atoms with E-state index in [0.29, 0.717) is 33.9 Å². The van der Waals surface area contributed by atoms with E-state index in [1.54, 1.807) is 36.4 Å². The summed E-state index contributed by atoms with van der Waals surface area (Å²) in [5, 5.41) is 9.04. The fourth-order valence-electron chi connectivity index (χ4n) is 3.52. The SMILES string of the molecule is O=C(O)Cc1cc(I)c(Oc2cc(I)c(OCCN3C(=O)c4ccccc4C3=O)c(I)c2)c(I)c1. The number of benzene rings is 3. The maximum atomic E-state index is 12.5. The molecule has 180 valence electrons. The summed E-state index contributed by atoms with van der Waals surface area (Å²) in [4.78, 5) is 37.3. The highest BCUT2D eigenvalue weighted by Crippen LogP contribution is 2.37. The second-order valence-corrected chi connectivity index (χ2v) is 12.1. The van der Waals surface area contributed by atoms with Gasteiger partial charge in [-0.25, -0.2) is 0 Å². The number of aliphatic carboxylic acids is 1. The Kier molecular flexibility index (Phi) is 8.78. The topological polar surface area (TPSA) is 93.1 Å². The molecule has 7 nitrogen and oxygen atoms in total. The van der Waals surface area contributed by atoms with Crippen LogP contribution in [0, 0.1) is 14.3 Å². The Morgan fingerprint density at radius 3 is 1.86 bits per heavy atom. The molecule has 35 heavy (non-hydrogen) atoms. The number of carboxylic acid groups (broad SMARTS) is 1. The van der Waals surface area contributed by atoms with Crippen molar-refractivity contribution in [3.8, 4) is 17.2 Å². The molecule has 4 rings (SSSR count). The first-order valence-corrected chi connectivity index (χ1v) is 14.4. The Morgan fingerprint density at radius 2 is 1.34 bits per heavy atom. The van der Waals surface area contributed by atoms with Gasteiger partial charge in [-0.1, -0.05) is 12.1 Å². The number of rotatable bonds is 8. The molecule has 1 aliphatic heterocycles. The van der Waals surface area contributed by atoms with Gasteiger partial charge in [-0.2, -0.15) is 0 Å². The number of hydrogen-bond acceptors (Lipinski definition) is 5. The lowest BCUT2D eigenvalue weighted by molar-refractivity contribution is -0.136. The van der Waals surface area contributed by atoms with Crippen LogP contribution in [0.4, 0.5) is 0 Å². The number of fused-ring (bicyclic) bond motifs is 1. The highest BCUT2D eigenvalue weighted by atomic mass is 127. The first-order valence-electron chi connectivity index (χ1n) is 10.1. The van der Waals surface area contributed by atoms with Crippen LogP contribution in [-0.4, -0.2) is 40.9 Å². The van der Waals surface area contributed by atoms with E-state index in [-0.39, 0.29) is 31.4 Å². The molecule has 3 aromatic carbocycles. The summed E-state index contributed by atoms with van der Waals surface area (Å²) in [7, 11) is 0. The monoisotopic (exact) mass is 921 g/mol. The zero-order valence-electron chi connectivity index (χ0n) is 17.7. The van der Waals surface area contributed by atoms with Crippen molar-refractivity contribution in [3.63, 3.8) is 0 Å². The van der Waals surface area contributed by atoms with Crippen LogP contribution >= 0.6 is 90.4 Å². The van der Waals surface area contributed by atoms with E-state index in [9.17, 15) is 14.4 Å². The predicted octanol–water partition coefficient (Wildman–Crippen LogP) is 6.20. The Labute approximate surface area is 255 Å². The van der Waals surface area contributed by atoms with Crippen molar-refractivity contribution in [2.24, 2.45) is 0 Å². The summed E-state index contributed by atoms with van der Waals surface area (Å²) in [5.74, 6) is 0.436. The summed E-state index contributed by atoms with van der Waals surface area (Å²) < 4.78 is 15.4. The lowest BCUT2D eigenvalue weighted by Crippen LogP contribution is -2.33. The van der Waals surface area contributed by atoms with Crippen molar-refractivity contribution in [2.45, 2.75) is 6.42 Å². The fraction of sp³-hybridized carbons (Fsp3) is 0.125. The van der Waals surface area contributed by atoms with Gasteiger partial charge in [0.25, 0.3) is 11.8 Å². The van der Waals surface area contributed by atoms with Crippen LogP contribution in [0.3, 0.4) is 0 Å². The smallest absolute Gasteiger partial charge is 0.307 e. The van der Waals surface area contributed by atoms with Gasteiger partial charge in [0.2, 0.25) is 0 Å². The van der Waals surface area contributed by atoms with Gasteiger partial charge in [-0.05, 0) is 132 Å². The number of amides is 2. The highest BCUT2D eigenvalue weighted by molar-refractivity contribution is 14.1. The van der Waals surface area contributed by atoms with Crippen molar-refractivity contribution >= 4 is 108 Å². The van der Waals surface area contributed by atoms with E-state index in [0.717, 1.165) is 14.3 Å². The van der Waals surface area contributed by atoms with Crippen LogP contribution < -0.4 is 9.47 Å². The van der Waals surface area contributed by atoms with Gasteiger partial charge in [-0.3, -0.25) is 19.3 Å². The van der Waals surface area contributed by atoms with E-state index in [1.165, 1.54) is 4.90 Å². The number of halogens is 4. The molecule has 0 atom stereocenters. The maximum absolute atomic E-state index is 12.5. The number of hydrogen-bond donors (Lipinski definition) is 1. The predicted molar refractivity (Wildman–Crippen MR) is 162 cm³/mol. The average Bonchev–Trinajstić information content (AvgIpc) is 3.02. The highest BCUT2D eigenvalue weighted by Gasteiger charge is 2.34. The zero-order valence-corrected chi connectivity index (χ0v) is 26.3. The van der Waals surface area contributed by atoms with Crippen molar-refractivity contribution < 1.29 is 29.0 Å². The minimum atomic E-state index is -0.882. The molecule has 0 radical (unpaired) electrons. The second-order valence-electron chi connectivity index (χ2n) is 7.43. The average molecular weight is 921 g/mol. The van der Waals surface area contributed by atoms with Crippen molar-refractivity contribution in [2.75, 3.05) is 13.2 Å². The Morgan fingerprint density at radius 1 is 0.829 bits per heavy atom. The number of nitrogens with zero attached hydrogens (tertiary/aromatic N) is 1. The first-order chi connectivity index (χ1) is 16.7. The third-order valence-corrected chi connectivity index (χ3v) is 8.25. The Balaban J connectivity index is 1.44. The van der Waals surface area contributed by atoms with Crippen LogP contribution in [0.5, 0.6) is 17.2 Å². The summed E-state index contributed by atoms with van der Waals surface area (Å²) in [6.07, 6.45) is -0.0468. The van der Waals surface area contributed by atoms with Gasteiger partial charge in [0, 0.05) is 0 Å². The molecule has 0 spiro atoms. The third kappa shape index (κ3) is 6.03.